The third-order valence-electron chi connectivity index (χ3n) is 6.36. The van der Waals surface area contributed by atoms with Crippen molar-refractivity contribution in [1.82, 2.24) is 10.2 Å². The summed E-state index contributed by atoms with van der Waals surface area (Å²) in [6.07, 6.45) is 4.66. The van der Waals surface area contributed by atoms with Gasteiger partial charge in [0.2, 0.25) is 10.0 Å². The van der Waals surface area contributed by atoms with E-state index >= 15 is 0 Å². The number of hydrogen-bond donors (Lipinski definition) is 2. The van der Waals surface area contributed by atoms with Crippen LogP contribution in [-0.2, 0) is 10.0 Å². The van der Waals surface area contributed by atoms with Crippen LogP contribution in [0.25, 0.3) is 0 Å². The predicted octanol–water partition coefficient (Wildman–Crippen LogP) is 3.97. The Labute approximate surface area is 209 Å². The van der Waals surface area contributed by atoms with Gasteiger partial charge in [0.1, 0.15) is 10.6 Å². The van der Waals surface area contributed by atoms with E-state index < -0.39 is 10.0 Å². The number of nitrogens with two attached hydrogens (primary N) is 1. The van der Waals surface area contributed by atoms with Crippen molar-refractivity contribution < 1.29 is 17.9 Å². The number of hydrogen-bond acceptors (Lipinski definition) is 6. The summed E-state index contributed by atoms with van der Waals surface area (Å²) in [5.41, 5.74) is 0.861. The van der Waals surface area contributed by atoms with Crippen LogP contribution in [0.2, 0.25) is 0 Å². The van der Waals surface area contributed by atoms with Gasteiger partial charge < -0.3 is 19.9 Å². The molecule has 0 spiro atoms. The highest BCUT2D eigenvalue weighted by molar-refractivity contribution is 7.89. The van der Waals surface area contributed by atoms with Crippen molar-refractivity contribution in [3.63, 3.8) is 0 Å². The molecule has 1 unspecified atom stereocenters. The quantitative estimate of drug-likeness (QED) is 0.455. The van der Waals surface area contributed by atoms with Crippen LogP contribution in [0.1, 0.15) is 56.3 Å². The Morgan fingerprint density at radius 1 is 1.11 bits per heavy atom. The molecule has 9 heteroatoms. The molecule has 1 fully saturated rings. The van der Waals surface area contributed by atoms with Gasteiger partial charge in [0.05, 0.1) is 5.69 Å². The number of amides is 1. The second kappa shape index (κ2) is 12.4. The number of nitrogens with zero attached hydrogens (tertiary/aromatic N) is 2. The van der Waals surface area contributed by atoms with Crippen LogP contribution >= 0.6 is 0 Å². The van der Waals surface area contributed by atoms with Crippen LogP contribution in [0.15, 0.2) is 47.4 Å². The molecule has 192 valence electrons. The van der Waals surface area contributed by atoms with Crippen molar-refractivity contribution in [2.24, 2.45) is 5.14 Å². The molecular formula is C26H38N4O4S. The van der Waals surface area contributed by atoms with E-state index in [-0.39, 0.29) is 28.2 Å². The average Bonchev–Trinajstić information content (AvgIpc) is 3.38. The Bertz CT molecular complexity index is 1080. The van der Waals surface area contributed by atoms with E-state index in [0.29, 0.717) is 31.1 Å². The molecule has 1 saturated heterocycles. The van der Waals surface area contributed by atoms with E-state index in [1.807, 2.05) is 18.2 Å². The zero-order valence-electron chi connectivity index (χ0n) is 21.0. The summed E-state index contributed by atoms with van der Waals surface area (Å²) in [5.74, 6) is 0.424. The zero-order valence-corrected chi connectivity index (χ0v) is 21.8. The first-order chi connectivity index (χ1) is 16.8. The number of sulfonamides is 1. The highest BCUT2D eigenvalue weighted by atomic mass is 32.2. The van der Waals surface area contributed by atoms with Crippen molar-refractivity contribution in [1.29, 1.82) is 0 Å². The number of anilines is 1. The highest BCUT2D eigenvalue weighted by Crippen LogP contribution is 2.40. The van der Waals surface area contributed by atoms with Crippen LogP contribution in [0.5, 0.6) is 11.5 Å². The second-order valence-corrected chi connectivity index (χ2v) is 10.6. The minimum Gasteiger partial charge on any atom is -0.454 e. The number of rotatable bonds is 12. The van der Waals surface area contributed by atoms with Gasteiger partial charge in [0.15, 0.2) is 5.75 Å². The Kier molecular flexibility index (Phi) is 9.54. The van der Waals surface area contributed by atoms with Crippen molar-refractivity contribution in [3.05, 3.63) is 48.0 Å². The number of ether oxygens (including phenoxy) is 1. The molecule has 1 atom stereocenters. The Morgan fingerprint density at radius 3 is 2.31 bits per heavy atom. The summed E-state index contributed by atoms with van der Waals surface area (Å²) in [6, 6.07) is 12.2. The molecule has 3 N–H and O–H groups in total. The van der Waals surface area contributed by atoms with Crippen molar-refractivity contribution in [2.45, 2.75) is 56.9 Å². The van der Waals surface area contributed by atoms with Gasteiger partial charge >= 0.3 is 0 Å². The van der Waals surface area contributed by atoms with E-state index in [4.69, 9.17) is 9.88 Å². The lowest BCUT2D eigenvalue weighted by Gasteiger charge is -2.29. The lowest BCUT2D eigenvalue weighted by atomic mass is 10.1. The van der Waals surface area contributed by atoms with E-state index in [0.717, 1.165) is 38.6 Å². The van der Waals surface area contributed by atoms with Crippen LogP contribution in [-0.4, -0.2) is 58.5 Å². The Morgan fingerprint density at radius 2 is 1.77 bits per heavy atom. The molecule has 0 saturated carbocycles. The fourth-order valence-corrected chi connectivity index (χ4v) is 4.95. The van der Waals surface area contributed by atoms with Gasteiger partial charge in [-0.2, -0.15) is 0 Å². The normalized spacial score (nSPS) is 15.7. The molecule has 0 aromatic heterocycles. The number of para-hydroxylation sites is 1. The number of carbonyl (C=O) groups excluding carboxylic acids is 1. The van der Waals surface area contributed by atoms with Crippen LogP contribution < -0.4 is 20.1 Å². The van der Waals surface area contributed by atoms with E-state index in [2.05, 4.69) is 24.1 Å². The number of unbranched alkanes of at least 4 members (excludes halogenated alkanes) is 2. The summed E-state index contributed by atoms with van der Waals surface area (Å²) in [6.45, 7) is 7.21. The van der Waals surface area contributed by atoms with E-state index in [9.17, 15) is 13.2 Å². The molecule has 2 aromatic rings. The maximum atomic E-state index is 13.5. The number of primary sulfonamides is 1. The minimum absolute atomic E-state index is 0.0559. The molecular weight excluding hydrogens is 464 g/mol. The SMILES string of the molecule is CCCCN(CCCC)c1cc(C(=O)N(C)C2CCNC2)cc(S(N)(=O)=O)c1Oc1ccccc1. The minimum atomic E-state index is -4.19. The van der Waals surface area contributed by atoms with Gasteiger partial charge in [0, 0.05) is 38.3 Å². The molecule has 0 radical (unpaired) electrons. The maximum Gasteiger partial charge on any atom is 0.254 e. The monoisotopic (exact) mass is 502 g/mol. The highest BCUT2D eigenvalue weighted by Gasteiger charge is 2.29. The molecule has 0 bridgehead atoms. The number of nitrogens with one attached hydrogen (secondary N) is 1. The molecule has 2 aromatic carbocycles. The van der Waals surface area contributed by atoms with Crippen molar-refractivity contribution in [3.8, 4) is 11.5 Å². The molecule has 1 aliphatic rings. The molecule has 1 heterocycles. The molecule has 8 nitrogen and oxygen atoms in total. The average molecular weight is 503 g/mol. The maximum absolute atomic E-state index is 13.5. The van der Waals surface area contributed by atoms with Gasteiger partial charge in [-0.3, -0.25) is 4.79 Å². The number of carbonyl (C=O) groups is 1. The molecule has 1 aliphatic heterocycles. The molecule has 0 aliphatic carbocycles. The third-order valence-corrected chi connectivity index (χ3v) is 7.27. The predicted molar refractivity (Wildman–Crippen MR) is 140 cm³/mol. The van der Waals surface area contributed by atoms with Gasteiger partial charge in [0.25, 0.3) is 5.91 Å². The van der Waals surface area contributed by atoms with Gasteiger partial charge in [-0.25, -0.2) is 13.6 Å². The summed E-state index contributed by atoms with van der Waals surface area (Å²) < 4.78 is 31.8. The standard InChI is InChI=1S/C26H38N4O4S/c1-4-6-15-30(16-7-5-2)23-17-20(26(31)29(3)21-13-14-28-19-21)18-24(35(27,32)33)25(23)34-22-11-9-8-10-12-22/h8-12,17-18,21,28H,4-7,13-16,19H2,1-3H3,(H2,27,32,33). The third kappa shape index (κ3) is 6.96. The lowest BCUT2D eigenvalue weighted by Crippen LogP contribution is -2.38. The van der Waals surface area contributed by atoms with E-state index in [1.165, 1.54) is 6.07 Å². The van der Waals surface area contributed by atoms with Crippen LogP contribution in [0.4, 0.5) is 5.69 Å². The zero-order chi connectivity index (χ0) is 25.4. The first-order valence-corrected chi connectivity index (χ1v) is 14.0. The second-order valence-electron chi connectivity index (χ2n) is 9.04. The summed E-state index contributed by atoms with van der Waals surface area (Å²) in [4.78, 5) is 17.1. The van der Waals surface area contributed by atoms with Gasteiger partial charge in [-0.15, -0.1) is 0 Å². The van der Waals surface area contributed by atoms with E-state index in [1.54, 1.807) is 30.1 Å². The fraction of sp³-hybridized carbons (Fsp3) is 0.500. The number of benzene rings is 2. The van der Waals surface area contributed by atoms with Crippen LogP contribution in [0.3, 0.4) is 0 Å². The smallest absolute Gasteiger partial charge is 0.254 e. The molecule has 3 rings (SSSR count). The summed E-state index contributed by atoms with van der Waals surface area (Å²) in [7, 11) is -2.43. The van der Waals surface area contributed by atoms with Gasteiger partial charge in [-0.05, 0) is 50.1 Å². The topological polar surface area (TPSA) is 105 Å². The number of likely N-dealkylation sites (N-methyl/N-ethyl adjacent to an activating group) is 1. The molecule has 35 heavy (non-hydrogen) atoms. The first-order valence-electron chi connectivity index (χ1n) is 12.4. The van der Waals surface area contributed by atoms with Gasteiger partial charge in [-0.1, -0.05) is 44.9 Å². The largest absolute Gasteiger partial charge is 0.454 e. The fourth-order valence-electron chi connectivity index (χ4n) is 4.26. The molecule has 1 amide bonds. The Balaban J connectivity index is 2.17. The van der Waals surface area contributed by atoms with Crippen LogP contribution in [0, 0.1) is 0 Å². The Hall–Kier alpha value is -2.62. The summed E-state index contributed by atoms with van der Waals surface area (Å²) >= 11 is 0. The van der Waals surface area contributed by atoms with Crippen molar-refractivity contribution >= 4 is 21.6 Å². The van der Waals surface area contributed by atoms with Crippen molar-refractivity contribution in [2.75, 3.05) is 38.1 Å². The summed E-state index contributed by atoms with van der Waals surface area (Å²) in [5, 5.41) is 8.96. The lowest BCUT2D eigenvalue weighted by molar-refractivity contribution is 0.0743. The first kappa shape index (κ1) is 27.0.